The number of carbonyl (C=O) groups excluding carboxylic acids is 2. The lowest BCUT2D eigenvalue weighted by Crippen LogP contribution is -2.50. The van der Waals surface area contributed by atoms with Gasteiger partial charge in [-0.15, -0.1) is 0 Å². The van der Waals surface area contributed by atoms with Gasteiger partial charge in [0.2, 0.25) is 0 Å². The number of nitrogens with zero attached hydrogens (tertiary/aromatic N) is 1. The van der Waals surface area contributed by atoms with Gasteiger partial charge in [0.05, 0.1) is 25.0 Å². The third kappa shape index (κ3) is 13.4. The van der Waals surface area contributed by atoms with Gasteiger partial charge in [-0.25, -0.2) is 0 Å². The molecule has 0 saturated heterocycles. The van der Waals surface area contributed by atoms with Gasteiger partial charge in [-0.2, -0.15) is 0 Å². The quantitative estimate of drug-likeness (QED) is 0.0693. The fourth-order valence-electron chi connectivity index (χ4n) is 10.3. The van der Waals surface area contributed by atoms with Crippen molar-refractivity contribution in [3.05, 3.63) is 71.3 Å². The molecule has 0 spiro atoms. The number of benzene rings is 2. The largest absolute Gasteiger partial charge is 0.465 e. The fraction of sp³-hybridized carbons (Fsp3) is 0.750. The molecule has 0 N–H and O–H groups in total. The van der Waals surface area contributed by atoms with E-state index in [4.69, 9.17) is 14.2 Å². The maximum Gasteiger partial charge on any atom is 0.309 e. The van der Waals surface area contributed by atoms with E-state index in [9.17, 15) is 9.59 Å². The third-order valence-electron chi connectivity index (χ3n) is 16.7. The molecule has 0 aromatic heterocycles. The highest BCUT2D eigenvalue weighted by Crippen LogP contribution is 2.62. The first kappa shape index (κ1) is 55.4. The summed E-state index contributed by atoms with van der Waals surface area (Å²) in [6, 6.07) is 20.2. The number of methoxy groups -OCH3 is 1. The molecule has 2 aromatic carbocycles. The Bertz CT molecular complexity index is 1650. The van der Waals surface area contributed by atoms with E-state index in [0.29, 0.717) is 19.6 Å². The van der Waals surface area contributed by atoms with Crippen LogP contribution in [-0.2, 0) is 30.3 Å². The van der Waals surface area contributed by atoms with Crippen LogP contribution in [0.15, 0.2) is 54.6 Å². The summed E-state index contributed by atoms with van der Waals surface area (Å²) in [5, 5.41) is 0. The lowest BCUT2D eigenvalue weighted by atomic mass is 9.48. The van der Waals surface area contributed by atoms with Crippen molar-refractivity contribution in [2.45, 2.75) is 181 Å². The Morgan fingerprint density at radius 2 is 1.06 bits per heavy atom. The van der Waals surface area contributed by atoms with Gasteiger partial charge in [-0.1, -0.05) is 179 Å². The van der Waals surface area contributed by atoms with Crippen molar-refractivity contribution in [1.29, 1.82) is 0 Å². The summed E-state index contributed by atoms with van der Waals surface area (Å²) in [6.07, 6.45) is 5.84. The minimum atomic E-state index is -0.451. The van der Waals surface area contributed by atoms with Crippen LogP contribution in [0.1, 0.15) is 191 Å². The number of hydrogen-bond acceptors (Lipinski definition) is 6. The molecular weight excluding hydrogens is 767 g/mol. The minimum absolute atomic E-state index is 0.00226. The minimum Gasteiger partial charge on any atom is -0.465 e. The van der Waals surface area contributed by atoms with Gasteiger partial charge in [-0.05, 0) is 119 Å². The van der Waals surface area contributed by atoms with Gasteiger partial charge in [-0.3, -0.25) is 9.59 Å². The van der Waals surface area contributed by atoms with Crippen LogP contribution in [0.2, 0.25) is 0 Å². The van der Waals surface area contributed by atoms with Gasteiger partial charge in [0, 0.05) is 13.7 Å². The van der Waals surface area contributed by atoms with Crippen LogP contribution < -0.4 is 0 Å². The second kappa shape index (κ2) is 22.5. The van der Waals surface area contributed by atoms with Crippen molar-refractivity contribution in [2.75, 3.05) is 41.0 Å². The number of esters is 2. The molecule has 0 amide bonds. The molecule has 0 aliphatic heterocycles. The highest BCUT2D eigenvalue weighted by Gasteiger charge is 2.56. The summed E-state index contributed by atoms with van der Waals surface area (Å²) in [5.41, 5.74) is 2.05. The highest BCUT2D eigenvalue weighted by molar-refractivity contribution is 5.74. The van der Waals surface area contributed by atoms with Crippen molar-refractivity contribution in [2.24, 2.45) is 49.7 Å². The zero-order valence-corrected chi connectivity index (χ0v) is 43.8. The maximum absolute atomic E-state index is 14.8. The molecule has 6 nitrogen and oxygen atoms in total. The summed E-state index contributed by atoms with van der Waals surface area (Å²) in [6.45, 7) is 41.6. The lowest BCUT2D eigenvalue weighted by Gasteiger charge is -2.56. The Labute approximate surface area is 382 Å². The normalized spacial score (nSPS) is 16.3. The van der Waals surface area contributed by atoms with Crippen LogP contribution in [0.3, 0.4) is 0 Å². The van der Waals surface area contributed by atoms with E-state index in [1.807, 2.05) is 0 Å². The van der Waals surface area contributed by atoms with Gasteiger partial charge < -0.3 is 19.1 Å². The highest BCUT2D eigenvalue weighted by atomic mass is 16.6. The first-order valence-electron chi connectivity index (χ1n) is 24.1. The van der Waals surface area contributed by atoms with Crippen LogP contribution in [-0.4, -0.2) is 57.9 Å². The number of carbonyl (C=O) groups is 2. The average Bonchev–Trinajstić information content (AvgIpc) is 3.18. The maximum atomic E-state index is 14.8. The van der Waals surface area contributed by atoms with Crippen molar-refractivity contribution < 1.29 is 23.8 Å². The van der Waals surface area contributed by atoms with Crippen molar-refractivity contribution >= 4 is 11.9 Å². The monoisotopic (exact) mass is 862 g/mol. The smallest absolute Gasteiger partial charge is 0.309 e. The molecule has 354 valence electrons. The van der Waals surface area contributed by atoms with Crippen molar-refractivity contribution in [1.82, 2.24) is 4.90 Å². The summed E-state index contributed by atoms with van der Waals surface area (Å²) in [5.74, 6) is -0.402. The number of rotatable bonds is 26. The Morgan fingerprint density at radius 1 is 0.565 bits per heavy atom. The molecule has 5 unspecified atom stereocenters. The van der Waals surface area contributed by atoms with E-state index < -0.39 is 5.41 Å². The van der Waals surface area contributed by atoms with Crippen LogP contribution >= 0.6 is 0 Å². The molecule has 62 heavy (non-hydrogen) atoms. The Morgan fingerprint density at radius 3 is 1.55 bits per heavy atom. The van der Waals surface area contributed by atoms with E-state index >= 15 is 0 Å². The molecule has 0 heterocycles. The number of ether oxygens (including phenoxy) is 3. The zero-order chi connectivity index (χ0) is 47.5. The Balaban J connectivity index is 2.76. The summed E-state index contributed by atoms with van der Waals surface area (Å²) >= 11 is 0. The molecule has 2 rings (SSSR count). The van der Waals surface area contributed by atoms with Crippen molar-refractivity contribution in [3.8, 4) is 0 Å². The predicted molar refractivity (Wildman–Crippen MR) is 262 cm³/mol. The predicted octanol–water partition coefficient (Wildman–Crippen LogP) is 14.6. The van der Waals surface area contributed by atoms with Crippen LogP contribution in [0.4, 0.5) is 0 Å². The van der Waals surface area contributed by atoms with Gasteiger partial charge in [0.1, 0.15) is 6.61 Å². The molecule has 0 fully saturated rings. The molecular formula is C56H95NO5. The van der Waals surface area contributed by atoms with Crippen molar-refractivity contribution in [3.63, 3.8) is 0 Å². The van der Waals surface area contributed by atoms with Gasteiger partial charge in [0.15, 0.2) is 0 Å². The van der Waals surface area contributed by atoms with Gasteiger partial charge in [0.25, 0.3) is 0 Å². The van der Waals surface area contributed by atoms with E-state index in [2.05, 4.69) is 191 Å². The summed E-state index contributed by atoms with van der Waals surface area (Å²) < 4.78 is 17.4. The third-order valence-corrected chi connectivity index (χ3v) is 16.7. The summed E-state index contributed by atoms with van der Waals surface area (Å²) in [4.78, 5) is 30.9. The van der Waals surface area contributed by atoms with Crippen LogP contribution in [0, 0.1) is 49.7 Å². The lowest BCUT2D eigenvalue weighted by molar-refractivity contribution is -0.162. The first-order chi connectivity index (χ1) is 28.5. The molecule has 0 aliphatic rings. The topological polar surface area (TPSA) is 65.1 Å². The van der Waals surface area contributed by atoms with Crippen LogP contribution in [0.5, 0.6) is 0 Å². The second-order valence-electron chi connectivity index (χ2n) is 23.6. The Hall–Kier alpha value is -2.70. The van der Waals surface area contributed by atoms with E-state index in [1.54, 1.807) is 7.11 Å². The van der Waals surface area contributed by atoms with E-state index in [1.165, 1.54) is 16.7 Å². The average molecular weight is 862 g/mol. The van der Waals surface area contributed by atoms with E-state index in [-0.39, 0.29) is 74.7 Å². The Kier molecular flexibility index (Phi) is 20.1. The zero-order valence-electron chi connectivity index (χ0n) is 43.8. The fourth-order valence-corrected chi connectivity index (χ4v) is 10.3. The SMILES string of the molecule is CCCOC(=O)C(CCC)C(C)(CC)C(C)(C)CC(c1ccccc1)C(C)(C)C(C)(C)CC(C(=O)OCCOC)C(C)(C)C(C)(C)CC(c1ccc(CN(C)C)cc1)C(C)(C)C. The van der Waals surface area contributed by atoms with E-state index in [0.717, 1.165) is 45.1 Å². The molecule has 0 aliphatic carbocycles. The summed E-state index contributed by atoms with van der Waals surface area (Å²) in [7, 11) is 5.87. The molecule has 2 aromatic rings. The molecule has 0 saturated carbocycles. The molecule has 6 heteroatoms. The van der Waals surface area contributed by atoms with Gasteiger partial charge >= 0.3 is 11.9 Å². The second-order valence-corrected chi connectivity index (χ2v) is 23.6. The standard InChI is InChI=1S/C56H95NO5/c1-21-27-44(48(58)61-34-22-2)56(17,23-3)53(11,12)38-46(42-28-25-24-26-29-42)54(13,14)52(9,10)39-47(49(59)62-36-35-60-20)55(15,16)51(7,8)37-45(50(4,5)6)43-32-30-41(31-33-43)40-57(18)19/h24-26,28-33,44-47H,21-23,27,34-40H2,1-20H3. The molecule has 5 atom stereocenters. The number of hydrogen-bond donors (Lipinski definition) is 0. The first-order valence-corrected chi connectivity index (χ1v) is 24.1. The van der Waals surface area contributed by atoms with Crippen LogP contribution in [0.25, 0.3) is 0 Å². The molecule has 0 bridgehead atoms. The molecule has 0 radical (unpaired) electrons.